The van der Waals surface area contributed by atoms with Crippen molar-refractivity contribution < 1.29 is 4.79 Å². The number of hydrogen-bond donors (Lipinski definition) is 0. The summed E-state index contributed by atoms with van der Waals surface area (Å²) in [5, 5.41) is 0. The second-order valence-corrected chi connectivity index (χ2v) is 6.34. The van der Waals surface area contributed by atoms with E-state index in [-0.39, 0.29) is 5.41 Å². The number of carbonyl (C=O) groups is 1. The Balaban J connectivity index is 2.40. The molecule has 0 radical (unpaired) electrons. The molecule has 1 heteroatoms. The van der Waals surface area contributed by atoms with Gasteiger partial charge in [-0.05, 0) is 37.5 Å². The van der Waals surface area contributed by atoms with Crippen LogP contribution in [0.1, 0.15) is 53.4 Å². The predicted octanol–water partition coefficient (Wildman–Crippen LogP) is 3.74. The molecule has 2 rings (SSSR count). The van der Waals surface area contributed by atoms with Crippen molar-refractivity contribution >= 4 is 5.78 Å². The van der Waals surface area contributed by atoms with Gasteiger partial charge in [0.05, 0.1) is 0 Å². The van der Waals surface area contributed by atoms with Crippen LogP contribution in [0, 0.1) is 16.7 Å². The fraction of sp³-hybridized carbons (Fsp3) is 0.786. The van der Waals surface area contributed by atoms with Crippen LogP contribution in [0.2, 0.25) is 0 Å². The van der Waals surface area contributed by atoms with Gasteiger partial charge < -0.3 is 0 Å². The van der Waals surface area contributed by atoms with Gasteiger partial charge >= 0.3 is 0 Å². The van der Waals surface area contributed by atoms with E-state index in [0.29, 0.717) is 17.1 Å². The van der Waals surface area contributed by atoms with Crippen LogP contribution in [0.25, 0.3) is 0 Å². The summed E-state index contributed by atoms with van der Waals surface area (Å²) < 4.78 is 0. The molecule has 2 atom stereocenters. The summed E-state index contributed by atoms with van der Waals surface area (Å²) in [6, 6.07) is 0. The minimum Gasteiger partial charge on any atom is -0.299 e. The lowest BCUT2D eigenvalue weighted by Gasteiger charge is -2.51. The van der Waals surface area contributed by atoms with Crippen LogP contribution >= 0.6 is 0 Å². The van der Waals surface area contributed by atoms with Gasteiger partial charge in [-0.25, -0.2) is 0 Å². The van der Waals surface area contributed by atoms with Crippen molar-refractivity contribution in [3.05, 3.63) is 11.6 Å². The van der Waals surface area contributed by atoms with Crippen LogP contribution in [-0.2, 0) is 4.79 Å². The molecule has 15 heavy (non-hydrogen) atoms. The van der Waals surface area contributed by atoms with Crippen LogP contribution in [0.4, 0.5) is 0 Å². The Kier molecular flexibility index (Phi) is 2.33. The topological polar surface area (TPSA) is 17.1 Å². The normalized spacial score (nSPS) is 39.6. The molecule has 1 nitrogen and oxygen atoms in total. The highest BCUT2D eigenvalue weighted by Crippen LogP contribution is 2.55. The number of hydrogen-bond acceptors (Lipinski definition) is 1. The van der Waals surface area contributed by atoms with Crippen molar-refractivity contribution in [3.8, 4) is 0 Å². The first kappa shape index (κ1) is 10.9. The molecule has 0 aromatic rings. The number of ketones is 1. The van der Waals surface area contributed by atoms with E-state index in [4.69, 9.17) is 0 Å². The molecular weight excluding hydrogens is 184 g/mol. The van der Waals surface area contributed by atoms with Gasteiger partial charge in [0, 0.05) is 11.8 Å². The van der Waals surface area contributed by atoms with E-state index in [0.717, 1.165) is 25.7 Å². The molecular formula is C14H22O. The van der Waals surface area contributed by atoms with E-state index in [1.54, 1.807) is 0 Å². The van der Waals surface area contributed by atoms with Crippen molar-refractivity contribution in [3.63, 3.8) is 0 Å². The molecule has 1 fully saturated rings. The fourth-order valence-corrected chi connectivity index (χ4v) is 3.72. The van der Waals surface area contributed by atoms with E-state index >= 15 is 0 Å². The average Bonchev–Trinajstić information content (AvgIpc) is 2.11. The third-order valence-corrected chi connectivity index (χ3v) is 4.69. The van der Waals surface area contributed by atoms with Crippen molar-refractivity contribution in [2.24, 2.45) is 16.7 Å². The van der Waals surface area contributed by atoms with Crippen molar-refractivity contribution in [2.45, 2.75) is 53.4 Å². The Morgan fingerprint density at radius 2 is 2.00 bits per heavy atom. The lowest BCUT2D eigenvalue weighted by molar-refractivity contribution is -0.141. The molecule has 0 N–H and O–H groups in total. The largest absolute Gasteiger partial charge is 0.299 e. The van der Waals surface area contributed by atoms with E-state index < -0.39 is 0 Å². The van der Waals surface area contributed by atoms with Crippen LogP contribution in [0.15, 0.2) is 11.6 Å². The Bertz CT molecular complexity index is 324. The molecule has 2 unspecified atom stereocenters. The lowest BCUT2D eigenvalue weighted by Crippen LogP contribution is -2.49. The first-order valence-electron chi connectivity index (χ1n) is 6.05. The molecule has 1 saturated carbocycles. The van der Waals surface area contributed by atoms with Crippen LogP contribution in [-0.4, -0.2) is 5.78 Å². The summed E-state index contributed by atoms with van der Waals surface area (Å²) in [7, 11) is 0. The SMILES string of the molecule is CC1=CCC2C(C)(C)CCC(=O)C2(C)C1. The first-order chi connectivity index (χ1) is 6.86. The van der Waals surface area contributed by atoms with E-state index in [2.05, 4.69) is 33.8 Å². The van der Waals surface area contributed by atoms with Gasteiger partial charge in [0.15, 0.2) is 0 Å². The highest BCUT2D eigenvalue weighted by atomic mass is 16.1. The zero-order chi connectivity index (χ0) is 11.3. The van der Waals surface area contributed by atoms with Gasteiger partial charge in [-0.2, -0.15) is 0 Å². The molecule has 84 valence electrons. The van der Waals surface area contributed by atoms with Crippen molar-refractivity contribution in [1.82, 2.24) is 0 Å². The number of carbonyl (C=O) groups excluding carboxylic acids is 1. The maximum absolute atomic E-state index is 12.2. The third kappa shape index (κ3) is 1.56. The second kappa shape index (κ2) is 3.20. The number of Topliss-reactive ketones (excluding diaryl/α,β-unsaturated/α-hetero) is 1. The predicted molar refractivity (Wildman–Crippen MR) is 62.6 cm³/mol. The molecule has 0 saturated heterocycles. The smallest absolute Gasteiger partial charge is 0.139 e. The number of fused-ring (bicyclic) bond motifs is 1. The van der Waals surface area contributed by atoms with Crippen molar-refractivity contribution in [1.29, 1.82) is 0 Å². The Morgan fingerprint density at radius 1 is 1.33 bits per heavy atom. The quantitative estimate of drug-likeness (QED) is 0.552. The zero-order valence-corrected chi connectivity index (χ0v) is 10.4. The molecule has 0 spiro atoms. The molecule has 0 bridgehead atoms. The maximum atomic E-state index is 12.2. The fourth-order valence-electron chi connectivity index (χ4n) is 3.72. The van der Waals surface area contributed by atoms with Crippen LogP contribution in [0.5, 0.6) is 0 Å². The highest BCUT2D eigenvalue weighted by Gasteiger charge is 2.51. The molecule has 2 aliphatic rings. The van der Waals surface area contributed by atoms with Gasteiger partial charge in [-0.15, -0.1) is 0 Å². The van der Waals surface area contributed by atoms with Crippen LogP contribution < -0.4 is 0 Å². The molecule has 0 aliphatic heterocycles. The van der Waals surface area contributed by atoms with Crippen molar-refractivity contribution in [2.75, 3.05) is 0 Å². The first-order valence-corrected chi connectivity index (χ1v) is 6.05. The Morgan fingerprint density at radius 3 is 2.67 bits per heavy atom. The Labute approximate surface area is 92.9 Å². The highest BCUT2D eigenvalue weighted by molar-refractivity contribution is 5.86. The maximum Gasteiger partial charge on any atom is 0.139 e. The minimum atomic E-state index is -0.0689. The summed E-state index contributed by atoms with van der Waals surface area (Å²) in [6.07, 6.45) is 6.28. The summed E-state index contributed by atoms with van der Waals surface area (Å²) in [4.78, 5) is 12.2. The summed E-state index contributed by atoms with van der Waals surface area (Å²) in [5.41, 5.74) is 1.67. The van der Waals surface area contributed by atoms with E-state index in [9.17, 15) is 4.79 Å². The second-order valence-electron chi connectivity index (χ2n) is 6.34. The van der Waals surface area contributed by atoms with Crippen LogP contribution in [0.3, 0.4) is 0 Å². The Hall–Kier alpha value is -0.590. The zero-order valence-electron chi connectivity index (χ0n) is 10.4. The van der Waals surface area contributed by atoms with Gasteiger partial charge in [0.1, 0.15) is 5.78 Å². The summed E-state index contributed by atoms with van der Waals surface area (Å²) >= 11 is 0. The average molecular weight is 206 g/mol. The molecule has 0 aromatic carbocycles. The summed E-state index contributed by atoms with van der Waals surface area (Å²) in [6.45, 7) is 9.02. The van der Waals surface area contributed by atoms with E-state index in [1.165, 1.54) is 5.57 Å². The molecule has 2 aliphatic carbocycles. The van der Waals surface area contributed by atoms with Gasteiger partial charge in [-0.1, -0.05) is 32.4 Å². The standard InChI is InChI=1S/C14H22O/c1-10-5-6-11-13(2,3)8-7-12(15)14(11,4)9-10/h5,11H,6-9H2,1-4H3. The number of rotatable bonds is 0. The number of allylic oxidation sites excluding steroid dienone is 2. The van der Waals surface area contributed by atoms with Gasteiger partial charge in [0.25, 0.3) is 0 Å². The van der Waals surface area contributed by atoms with Gasteiger partial charge in [-0.3, -0.25) is 4.79 Å². The monoisotopic (exact) mass is 206 g/mol. The molecule has 0 heterocycles. The van der Waals surface area contributed by atoms with Gasteiger partial charge in [0.2, 0.25) is 0 Å². The molecule has 0 aromatic heterocycles. The summed E-state index contributed by atoms with van der Waals surface area (Å²) in [5.74, 6) is 1.05. The third-order valence-electron chi connectivity index (χ3n) is 4.69. The molecule has 0 amide bonds. The lowest BCUT2D eigenvalue weighted by atomic mass is 9.52. The van der Waals surface area contributed by atoms with E-state index in [1.807, 2.05) is 0 Å². The minimum absolute atomic E-state index is 0.0689.